The zero-order valence-corrected chi connectivity index (χ0v) is 15.2. The molecule has 1 aliphatic heterocycles. The molecule has 0 spiro atoms. The zero-order valence-electron chi connectivity index (χ0n) is 14.4. The second-order valence-corrected chi connectivity index (χ2v) is 8.32. The Kier molecular flexibility index (Phi) is 7.03. The third-order valence-corrected chi connectivity index (χ3v) is 4.73. The van der Waals surface area contributed by atoms with Gasteiger partial charge < -0.3 is 9.47 Å². The van der Waals surface area contributed by atoms with Crippen LogP contribution in [0.1, 0.15) is 47.0 Å². The topological polar surface area (TPSA) is 84.9 Å². The zero-order chi connectivity index (χ0) is 17.7. The molecule has 0 aliphatic carbocycles. The average molecular weight is 348 g/mol. The molecule has 1 fully saturated rings. The van der Waals surface area contributed by atoms with Gasteiger partial charge in [0.1, 0.15) is 5.60 Å². The highest BCUT2D eigenvalue weighted by molar-refractivity contribution is 7.87. The first-order valence-electron chi connectivity index (χ1n) is 7.80. The number of rotatable bonds is 7. The minimum Gasteiger partial charge on any atom is -0.443 e. The summed E-state index contributed by atoms with van der Waals surface area (Å²) in [6, 6.07) is -0.369. The van der Waals surface area contributed by atoms with E-state index in [1.807, 2.05) is 0 Å². The van der Waals surface area contributed by atoms with Crippen LogP contribution in [0.15, 0.2) is 12.7 Å². The van der Waals surface area contributed by atoms with Crippen LogP contribution in [0.5, 0.6) is 0 Å². The molecule has 1 rings (SSSR count). The molecule has 1 aliphatic rings. The van der Waals surface area contributed by atoms with Gasteiger partial charge in [-0.15, -0.1) is 6.58 Å². The monoisotopic (exact) mass is 348 g/mol. The Morgan fingerprint density at radius 3 is 2.65 bits per heavy atom. The van der Waals surface area contributed by atoms with Crippen LogP contribution < -0.4 is 4.72 Å². The molecule has 23 heavy (non-hydrogen) atoms. The van der Waals surface area contributed by atoms with Gasteiger partial charge in [-0.25, -0.2) is 4.79 Å². The summed E-state index contributed by atoms with van der Waals surface area (Å²) in [5.41, 5.74) is -0.784. The fraction of sp³-hybridized carbons (Fsp3) is 0.800. The van der Waals surface area contributed by atoms with Gasteiger partial charge in [-0.3, -0.25) is 0 Å². The molecular formula is C15H28N2O5S. The largest absolute Gasteiger partial charge is 0.443 e. The van der Waals surface area contributed by atoms with E-state index >= 15 is 0 Å². The van der Waals surface area contributed by atoms with Crippen LogP contribution in [-0.4, -0.2) is 49.7 Å². The van der Waals surface area contributed by atoms with Gasteiger partial charge in [0.15, 0.2) is 0 Å². The number of hydrogen-bond acceptors (Lipinski definition) is 5. The van der Waals surface area contributed by atoms with Crippen LogP contribution in [0.4, 0.5) is 4.79 Å². The van der Waals surface area contributed by atoms with Crippen molar-refractivity contribution in [1.82, 2.24) is 9.03 Å². The van der Waals surface area contributed by atoms with Crippen LogP contribution in [0.25, 0.3) is 0 Å². The molecule has 134 valence electrons. The van der Waals surface area contributed by atoms with E-state index in [1.54, 1.807) is 33.8 Å². The molecule has 0 aromatic carbocycles. The van der Waals surface area contributed by atoms with E-state index in [-0.39, 0.29) is 18.7 Å². The van der Waals surface area contributed by atoms with Gasteiger partial charge in [0.2, 0.25) is 0 Å². The van der Waals surface area contributed by atoms with Gasteiger partial charge >= 0.3 is 16.3 Å². The SMILES string of the molecule is C=CC[C@H](C)NS(=O)(=O)N(C[C@H]1CCCO1)C(=O)OC(C)(C)C. The number of nitrogens with one attached hydrogen (secondary N) is 1. The van der Waals surface area contributed by atoms with E-state index in [1.165, 1.54) is 0 Å². The summed E-state index contributed by atoms with van der Waals surface area (Å²) in [6.45, 7) is 10.9. The highest BCUT2D eigenvalue weighted by Gasteiger charge is 2.35. The summed E-state index contributed by atoms with van der Waals surface area (Å²) in [4.78, 5) is 12.3. The van der Waals surface area contributed by atoms with Crippen LogP contribution in [-0.2, 0) is 19.7 Å². The first kappa shape index (κ1) is 19.9. The van der Waals surface area contributed by atoms with E-state index in [4.69, 9.17) is 9.47 Å². The van der Waals surface area contributed by atoms with Crippen molar-refractivity contribution in [3.8, 4) is 0 Å². The van der Waals surface area contributed by atoms with E-state index in [0.29, 0.717) is 13.0 Å². The third kappa shape index (κ3) is 6.88. The number of amides is 1. The number of hydrogen-bond donors (Lipinski definition) is 1. The summed E-state index contributed by atoms with van der Waals surface area (Å²) in [7, 11) is -4.02. The van der Waals surface area contributed by atoms with Crippen molar-refractivity contribution >= 4 is 16.3 Å². The lowest BCUT2D eigenvalue weighted by molar-refractivity contribution is 0.0284. The van der Waals surface area contributed by atoms with Gasteiger partial charge in [-0.2, -0.15) is 17.4 Å². The van der Waals surface area contributed by atoms with E-state index < -0.39 is 21.9 Å². The Bertz CT molecular complexity index is 506. The fourth-order valence-corrected chi connectivity index (χ4v) is 3.50. The maximum atomic E-state index is 12.6. The molecule has 1 N–H and O–H groups in total. The summed E-state index contributed by atoms with van der Waals surface area (Å²) >= 11 is 0. The molecule has 2 atom stereocenters. The Balaban J connectivity index is 2.91. The maximum absolute atomic E-state index is 12.6. The fourth-order valence-electron chi connectivity index (χ4n) is 2.17. The number of carbonyl (C=O) groups excluding carboxylic acids is 1. The summed E-state index contributed by atoms with van der Waals surface area (Å²) < 4.78 is 39.0. The van der Waals surface area contributed by atoms with Gasteiger partial charge in [-0.05, 0) is 47.0 Å². The maximum Gasteiger partial charge on any atom is 0.425 e. The van der Waals surface area contributed by atoms with Crippen LogP contribution in [0.2, 0.25) is 0 Å². The average Bonchev–Trinajstić information content (AvgIpc) is 2.85. The number of nitrogens with zero attached hydrogens (tertiary/aromatic N) is 1. The van der Waals surface area contributed by atoms with E-state index in [2.05, 4.69) is 11.3 Å². The Hall–Kier alpha value is -1.12. The lowest BCUT2D eigenvalue weighted by Crippen LogP contribution is -2.51. The molecule has 1 amide bonds. The van der Waals surface area contributed by atoms with Gasteiger partial charge in [0.25, 0.3) is 0 Å². The first-order chi connectivity index (χ1) is 10.5. The standard InChI is InChI=1S/C15H28N2O5S/c1-6-8-12(2)16-23(19,20)17(11-13-9-7-10-21-13)14(18)22-15(3,4)5/h6,12-13,16H,1,7-11H2,2-5H3/t12-,13+/m0/s1. The van der Waals surface area contributed by atoms with Gasteiger partial charge in [0, 0.05) is 12.6 Å². The van der Waals surface area contributed by atoms with Crippen LogP contribution >= 0.6 is 0 Å². The predicted molar refractivity (Wildman–Crippen MR) is 88.2 cm³/mol. The Morgan fingerprint density at radius 1 is 1.52 bits per heavy atom. The molecule has 0 saturated carbocycles. The third-order valence-electron chi connectivity index (χ3n) is 3.15. The molecule has 7 nitrogen and oxygen atoms in total. The van der Waals surface area contributed by atoms with Gasteiger partial charge in [0.05, 0.1) is 12.6 Å². The minimum absolute atomic E-state index is 0.0505. The number of ether oxygens (including phenoxy) is 2. The second kappa shape index (κ2) is 8.12. The predicted octanol–water partition coefficient (Wildman–Crippen LogP) is 2.20. The van der Waals surface area contributed by atoms with Crippen molar-refractivity contribution in [3.63, 3.8) is 0 Å². The smallest absolute Gasteiger partial charge is 0.425 e. The molecule has 0 bridgehead atoms. The highest BCUT2D eigenvalue weighted by Crippen LogP contribution is 2.18. The normalized spacial score (nSPS) is 20.1. The lowest BCUT2D eigenvalue weighted by atomic mass is 10.2. The molecule has 0 unspecified atom stereocenters. The van der Waals surface area contributed by atoms with E-state index in [9.17, 15) is 13.2 Å². The van der Waals surface area contributed by atoms with Crippen molar-refractivity contribution in [2.75, 3.05) is 13.2 Å². The first-order valence-corrected chi connectivity index (χ1v) is 9.24. The Morgan fingerprint density at radius 2 is 2.17 bits per heavy atom. The molecule has 0 aromatic rings. The quantitative estimate of drug-likeness (QED) is 0.713. The molecule has 0 radical (unpaired) electrons. The van der Waals surface area contributed by atoms with Crippen molar-refractivity contribution in [3.05, 3.63) is 12.7 Å². The summed E-state index contributed by atoms with van der Waals surface area (Å²) in [5, 5.41) is 0. The molecule has 1 heterocycles. The molecule has 0 aromatic heterocycles. The summed E-state index contributed by atoms with van der Waals surface area (Å²) in [6.07, 6.45) is 2.46. The van der Waals surface area contributed by atoms with Crippen molar-refractivity contribution in [2.24, 2.45) is 0 Å². The van der Waals surface area contributed by atoms with Crippen molar-refractivity contribution in [1.29, 1.82) is 0 Å². The highest BCUT2D eigenvalue weighted by atomic mass is 32.2. The molecular weight excluding hydrogens is 320 g/mol. The van der Waals surface area contributed by atoms with Gasteiger partial charge in [-0.1, -0.05) is 6.08 Å². The Labute approximate surface area is 139 Å². The number of carbonyl (C=O) groups is 1. The lowest BCUT2D eigenvalue weighted by Gasteiger charge is -2.29. The van der Waals surface area contributed by atoms with Crippen molar-refractivity contribution < 1.29 is 22.7 Å². The minimum atomic E-state index is -4.02. The van der Waals surface area contributed by atoms with Crippen LogP contribution in [0.3, 0.4) is 0 Å². The van der Waals surface area contributed by atoms with Crippen molar-refractivity contribution in [2.45, 2.75) is 64.7 Å². The van der Waals surface area contributed by atoms with Crippen LogP contribution in [0, 0.1) is 0 Å². The van der Waals surface area contributed by atoms with E-state index in [0.717, 1.165) is 17.1 Å². The second-order valence-electron chi connectivity index (χ2n) is 6.69. The molecule has 1 saturated heterocycles. The molecule has 8 heteroatoms. The summed E-state index contributed by atoms with van der Waals surface area (Å²) in [5.74, 6) is 0.